The lowest BCUT2D eigenvalue weighted by Crippen LogP contribution is -2.25. The summed E-state index contributed by atoms with van der Waals surface area (Å²) in [6.07, 6.45) is 4.11. The third-order valence-electron chi connectivity index (χ3n) is 5.29. The van der Waals surface area contributed by atoms with Gasteiger partial charge in [-0.05, 0) is 73.6 Å². The lowest BCUT2D eigenvalue weighted by molar-refractivity contribution is -0.117. The van der Waals surface area contributed by atoms with Crippen molar-refractivity contribution in [3.8, 4) is 11.1 Å². The first kappa shape index (κ1) is 17.4. The number of rotatable bonds is 5. The van der Waals surface area contributed by atoms with Gasteiger partial charge >= 0.3 is 0 Å². The minimum Gasteiger partial charge on any atom is -0.349 e. The van der Waals surface area contributed by atoms with Gasteiger partial charge in [0.2, 0.25) is 5.91 Å². The van der Waals surface area contributed by atoms with E-state index in [1.807, 2.05) is 30.3 Å². The van der Waals surface area contributed by atoms with Crippen molar-refractivity contribution in [3.63, 3.8) is 0 Å². The van der Waals surface area contributed by atoms with Gasteiger partial charge in [-0.25, -0.2) is 4.98 Å². The zero-order valence-corrected chi connectivity index (χ0v) is 16.4. The number of aromatic nitrogens is 1. The van der Waals surface area contributed by atoms with Crippen LogP contribution in [0.25, 0.3) is 21.3 Å². The number of anilines is 1. The van der Waals surface area contributed by atoms with E-state index in [0.717, 1.165) is 52.6 Å². The number of carbonyl (C=O) groups is 2. The molecule has 0 unspecified atom stereocenters. The second kappa shape index (κ2) is 6.71. The van der Waals surface area contributed by atoms with Gasteiger partial charge in [0, 0.05) is 17.5 Å². The summed E-state index contributed by atoms with van der Waals surface area (Å²) in [5.74, 6) is 0.229. The summed E-state index contributed by atoms with van der Waals surface area (Å²) in [5.41, 5.74) is 4.78. The van der Waals surface area contributed by atoms with Crippen LogP contribution in [0.15, 0.2) is 36.4 Å². The Kier molecular flexibility index (Phi) is 4.16. The molecule has 2 saturated carbocycles. The molecule has 2 fully saturated rings. The molecule has 5 nitrogen and oxygen atoms in total. The molecular formula is C22H21N3O2S. The number of thiazole rings is 1. The summed E-state index contributed by atoms with van der Waals surface area (Å²) < 4.78 is 1.02. The number of aryl methyl sites for hydroxylation is 1. The Hall–Kier alpha value is -2.73. The average Bonchev–Trinajstić information content (AvgIpc) is 3.59. The topological polar surface area (TPSA) is 71.1 Å². The molecule has 2 aliphatic rings. The highest BCUT2D eigenvalue weighted by Gasteiger charge is 2.30. The van der Waals surface area contributed by atoms with Gasteiger partial charge in [-0.1, -0.05) is 23.5 Å². The first-order valence-electron chi connectivity index (χ1n) is 9.70. The van der Waals surface area contributed by atoms with Crippen molar-refractivity contribution >= 4 is 38.5 Å². The zero-order valence-electron chi connectivity index (χ0n) is 15.6. The molecule has 0 aliphatic heterocycles. The van der Waals surface area contributed by atoms with E-state index in [1.54, 1.807) is 0 Å². The molecule has 142 valence electrons. The van der Waals surface area contributed by atoms with Crippen LogP contribution < -0.4 is 10.6 Å². The van der Waals surface area contributed by atoms with Crippen molar-refractivity contribution in [1.29, 1.82) is 0 Å². The van der Waals surface area contributed by atoms with E-state index in [4.69, 9.17) is 0 Å². The quantitative estimate of drug-likeness (QED) is 0.672. The van der Waals surface area contributed by atoms with Crippen molar-refractivity contribution < 1.29 is 9.59 Å². The zero-order chi connectivity index (χ0) is 19.3. The van der Waals surface area contributed by atoms with Crippen LogP contribution in [0.1, 0.15) is 41.6 Å². The van der Waals surface area contributed by atoms with Gasteiger partial charge in [-0.2, -0.15) is 0 Å². The van der Waals surface area contributed by atoms with Crippen molar-refractivity contribution in [3.05, 3.63) is 47.5 Å². The molecule has 6 heteroatoms. The van der Waals surface area contributed by atoms with Gasteiger partial charge in [-0.3, -0.25) is 9.59 Å². The normalized spacial score (nSPS) is 16.2. The summed E-state index contributed by atoms with van der Waals surface area (Å²) in [7, 11) is 0. The fourth-order valence-electron chi connectivity index (χ4n) is 3.27. The Morgan fingerprint density at radius 2 is 1.89 bits per heavy atom. The maximum atomic E-state index is 12.4. The van der Waals surface area contributed by atoms with Gasteiger partial charge in [0.25, 0.3) is 5.91 Å². The number of benzene rings is 2. The number of carbonyl (C=O) groups excluding carboxylic acids is 2. The van der Waals surface area contributed by atoms with E-state index in [0.29, 0.717) is 16.7 Å². The molecule has 0 spiro atoms. The number of nitrogens with one attached hydrogen (secondary N) is 2. The predicted octanol–water partition coefficient (Wildman–Crippen LogP) is 4.51. The molecule has 28 heavy (non-hydrogen) atoms. The van der Waals surface area contributed by atoms with Crippen LogP contribution in [-0.2, 0) is 4.79 Å². The molecule has 1 aromatic heterocycles. The molecule has 1 heterocycles. The highest BCUT2D eigenvalue weighted by Crippen LogP contribution is 2.34. The van der Waals surface area contributed by atoms with Gasteiger partial charge in [0.05, 0.1) is 10.2 Å². The Morgan fingerprint density at radius 1 is 1.07 bits per heavy atom. The third-order valence-corrected chi connectivity index (χ3v) is 6.22. The fraction of sp³-hybridized carbons (Fsp3) is 0.318. The summed E-state index contributed by atoms with van der Waals surface area (Å²) in [5, 5.41) is 6.63. The second-order valence-electron chi connectivity index (χ2n) is 7.74. The van der Waals surface area contributed by atoms with Crippen LogP contribution in [0.2, 0.25) is 0 Å². The molecule has 5 rings (SSSR count). The summed E-state index contributed by atoms with van der Waals surface area (Å²) in [6, 6.07) is 12.3. The van der Waals surface area contributed by atoms with Gasteiger partial charge in [0.1, 0.15) is 0 Å². The monoisotopic (exact) mass is 391 g/mol. The highest BCUT2D eigenvalue weighted by atomic mass is 32.1. The molecule has 2 aromatic carbocycles. The lowest BCUT2D eigenvalue weighted by Gasteiger charge is -2.10. The number of nitrogens with zero attached hydrogens (tertiary/aromatic N) is 1. The number of hydrogen-bond donors (Lipinski definition) is 2. The van der Waals surface area contributed by atoms with Crippen LogP contribution in [0.3, 0.4) is 0 Å². The molecule has 0 saturated heterocycles. The number of hydrogen-bond acceptors (Lipinski definition) is 4. The molecule has 2 N–H and O–H groups in total. The summed E-state index contributed by atoms with van der Waals surface area (Å²) in [6.45, 7) is 2.05. The van der Waals surface area contributed by atoms with Crippen LogP contribution in [0.5, 0.6) is 0 Å². The van der Waals surface area contributed by atoms with Gasteiger partial charge in [-0.15, -0.1) is 0 Å². The maximum absolute atomic E-state index is 12.4. The van der Waals surface area contributed by atoms with Crippen LogP contribution in [-0.4, -0.2) is 22.8 Å². The van der Waals surface area contributed by atoms with Crippen molar-refractivity contribution in [2.45, 2.75) is 38.6 Å². The molecule has 3 aromatic rings. The van der Waals surface area contributed by atoms with E-state index < -0.39 is 0 Å². The summed E-state index contributed by atoms with van der Waals surface area (Å²) in [4.78, 5) is 28.9. The van der Waals surface area contributed by atoms with E-state index in [-0.39, 0.29) is 17.7 Å². The standard InChI is InChI=1S/C22H21N3O2S/c1-12-2-3-15(21(27)23-16-7-8-16)10-17(12)14-6-9-18-19(11-14)28-22(24-18)25-20(26)13-4-5-13/h2-3,6,9-11,13,16H,4-5,7-8H2,1H3,(H,23,27)(H,24,25,26). The first-order valence-corrected chi connectivity index (χ1v) is 10.5. The van der Waals surface area contributed by atoms with E-state index >= 15 is 0 Å². The molecule has 0 atom stereocenters. The van der Waals surface area contributed by atoms with E-state index in [2.05, 4.69) is 28.6 Å². The minimum atomic E-state index is -0.00677. The Morgan fingerprint density at radius 3 is 2.64 bits per heavy atom. The lowest BCUT2D eigenvalue weighted by atomic mass is 9.97. The SMILES string of the molecule is Cc1ccc(C(=O)NC2CC2)cc1-c1ccc2nc(NC(=O)C3CC3)sc2c1. The second-order valence-corrected chi connectivity index (χ2v) is 8.77. The van der Waals surface area contributed by atoms with Crippen LogP contribution in [0, 0.1) is 12.8 Å². The predicted molar refractivity (Wildman–Crippen MR) is 112 cm³/mol. The Balaban J connectivity index is 1.44. The molecule has 2 amide bonds. The molecule has 0 bridgehead atoms. The molecule has 0 radical (unpaired) electrons. The molecular weight excluding hydrogens is 370 g/mol. The summed E-state index contributed by atoms with van der Waals surface area (Å²) >= 11 is 1.49. The largest absolute Gasteiger partial charge is 0.349 e. The maximum Gasteiger partial charge on any atom is 0.251 e. The highest BCUT2D eigenvalue weighted by molar-refractivity contribution is 7.22. The number of amides is 2. The Bertz CT molecular complexity index is 1100. The van der Waals surface area contributed by atoms with E-state index in [1.165, 1.54) is 11.3 Å². The number of fused-ring (bicyclic) bond motifs is 1. The average molecular weight is 391 g/mol. The molecule has 2 aliphatic carbocycles. The van der Waals surface area contributed by atoms with E-state index in [9.17, 15) is 9.59 Å². The van der Waals surface area contributed by atoms with Crippen LogP contribution >= 0.6 is 11.3 Å². The van der Waals surface area contributed by atoms with Crippen molar-refractivity contribution in [1.82, 2.24) is 10.3 Å². The fourth-order valence-corrected chi connectivity index (χ4v) is 4.18. The minimum absolute atomic E-state index is 0.00677. The van der Waals surface area contributed by atoms with Crippen molar-refractivity contribution in [2.24, 2.45) is 5.92 Å². The first-order chi connectivity index (χ1) is 13.6. The van der Waals surface area contributed by atoms with Crippen LogP contribution in [0.4, 0.5) is 5.13 Å². The smallest absolute Gasteiger partial charge is 0.251 e. The van der Waals surface area contributed by atoms with Crippen molar-refractivity contribution in [2.75, 3.05) is 5.32 Å². The third kappa shape index (κ3) is 3.52. The van der Waals surface area contributed by atoms with Gasteiger partial charge in [0.15, 0.2) is 5.13 Å². The Labute approximate surface area is 167 Å². The van der Waals surface area contributed by atoms with Gasteiger partial charge < -0.3 is 10.6 Å².